The quantitative estimate of drug-likeness (QED) is 0.250. The lowest BCUT2D eigenvalue weighted by atomic mass is 9.91. The van der Waals surface area contributed by atoms with Crippen LogP contribution in [0.2, 0.25) is 0 Å². The zero-order valence-electron chi connectivity index (χ0n) is 26.9. The first-order valence-electron chi connectivity index (χ1n) is 16.4. The fourth-order valence-electron chi connectivity index (χ4n) is 6.12. The minimum absolute atomic E-state index is 0.181. The fourth-order valence-corrected chi connectivity index (χ4v) is 6.12. The first kappa shape index (κ1) is 33.2. The molecule has 3 aromatic heterocycles. The Kier molecular flexibility index (Phi) is 12.8. The Morgan fingerprint density at radius 2 is 1.30 bits per heavy atom. The van der Waals surface area contributed by atoms with Gasteiger partial charge in [0.05, 0.1) is 17.4 Å². The maximum absolute atomic E-state index is 11.2. The van der Waals surface area contributed by atoms with Gasteiger partial charge in [0.15, 0.2) is 5.78 Å². The lowest BCUT2D eigenvalue weighted by molar-refractivity contribution is 0.0967. The lowest BCUT2D eigenvalue weighted by Gasteiger charge is -2.28. The first-order valence-corrected chi connectivity index (χ1v) is 16.4. The zero-order chi connectivity index (χ0) is 31.3. The number of hydrogen-bond donors (Lipinski definition) is 2. The van der Waals surface area contributed by atoms with Gasteiger partial charge in [0.1, 0.15) is 5.69 Å². The van der Waals surface area contributed by atoms with Crippen LogP contribution in [0.25, 0.3) is 0 Å². The van der Waals surface area contributed by atoms with Gasteiger partial charge in [-0.05, 0) is 106 Å². The van der Waals surface area contributed by atoms with E-state index in [9.17, 15) is 4.79 Å². The number of ketones is 1. The molecule has 0 saturated carbocycles. The predicted molar refractivity (Wildman–Crippen MR) is 180 cm³/mol. The monoisotopic (exact) mass is 591 g/mol. The third-order valence-electron chi connectivity index (χ3n) is 8.47. The second kappa shape index (κ2) is 16.9. The van der Waals surface area contributed by atoms with E-state index in [0.717, 1.165) is 36.9 Å². The number of nitrogens with zero attached hydrogens (tertiary/aromatic N) is 3. The molecular weight excluding hydrogens is 542 g/mol. The van der Waals surface area contributed by atoms with E-state index >= 15 is 0 Å². The number of Topliss-reactive ketones (excluding diaryl/α,β-unsaturated/α-hetero) is 1. The summed E-state index contributed by atoms with van der Waals surface area (Å²) in [7, 11) is 0. The van der Waals surface area contributed by atoms with Gasteiger partial charge in [0, 0.05) is 37.1 Å². The Balaban J connectivity index is 0.000000157. The van der Waals surface area contributed by atoms with Crippen LogP contribution in [-0.2, 0) is 19.3 Å². The molecule has 0 amide bonds. The molecule has 6 heteroatoms. The van der Waals surface area contributed by atoms with Crippen LogP contribution in [0, 0.1) is 6.92 Å². The zero-order valence-corrected chi connectivity index (χ0v) is 26.9. The average molecular weight is 592 g/mol. The minimum atomic E-state index is 0.181. The Morgan fingerprint density at radius 1 is 0.727 bits per heavy atom. The predicted octanol–water partition coefficient (Wildman–Crippen LogP) is 8.16. The van der Waals surface area contributed by atoms with Crippen molar-refractivity contribution >= 4 is 5.78 Å². The minimum Gasteiger partial charge on any atom is -0.323 e. The van der Waals surface area contributed by atoms with Crippen molar-refractivity contribution in [1.29, 1.82) is 0 Å². The van der Waals surface area contributed by atoms with Gasteiger partial charge in [-0.3, -0.25) is 19.7 Å². The van der Waals surface area contributed by atoms with E-state index in [-0.39, 0.29) is 11.8 Å². The van der Waals surface area contributed by atoms with Gasteiger partial charge in [-0.15, -0.1) is 0 Å². The van der Waals surface area contributed by atoms with Crippen molar-refractivity contribution in [3.05, 3.63) is 124 Å². The highest BCUT2D eigenvalue weighted by Crippen LogP contribution is 2.30. The Morgan fingerprint density at radius 3 is 1.95 bits per heavy atom. The molecule has 44 heavy (non-hydrogen) atoms. The van der Waals surface area contributed by atoms with Crippen LogP contribution >= 0.6 is 0 Å². The third kappa shape index (κ3) is 8.90. The van der Waals surface area contributed by atoms with Crippen molar-refractivity contribution in [2.24, 2.45) is 5.73 Å². The summed E-state index contributed by atoms with van der Waals surface area (Å²) in [6.07, 6.45) is 15.1. The Labute approximate surface area is 264 Å². The number of aryl methyl sites for hydroxylation is 4. The maximum Gasteiger partial charge on any atom is 0.181 e. The number of nitrogens with two attached hydrogens (primary N) is 1. The van der Waals surface area contributed by atoms with Crippen LogP contribution < -0.4 is 11.1 Å². The summed E-state index contributed by atoms with van der Waals surface area (Å²) in [6.45, 7) is 8.37. The summed E-state index contributed by atoms with van der Waals surface area (Å²) in [5.41, 5.74) is 15.5. The van der Waals surface area contributed by atoms with Crippen LogP contribution in [0.1, 0.15) is 127 Å². The Hall–Kier alpha value is -3.74. The molecule has 6 nitrogen and oxygen atoms in total. The molecule has 7 rings (SSSR count). The molecule has 0 saturated heterocycles. The van der Waals surface area contributed by atoms with E-state index in [2.05, 4.69) is 70.5 Å². The number of fused-ring (bicyclic) bond motifs is 3. The molecule has 0 spiro atoms. The number of rotatable bonds is 3. The molecule has 3 atom stereocenters. The smallest absolute Gasteiger partial charge is 0.181 e. The van der Waals surface area contributed by atoms with Crippen LogP contribution in [0.15, 0.2) is 79.3 Å². The summed E-state index contributed by atoms with van der Waals surface area (Å²) >= 11 is 0. The SMILES string of the molecule is CC.Cc1ccc([C@H](C)N[C@H]2CCCc3cccnc32)cc1.N[C@H]1CCCc2cccnc21.O=C1CCCc2cccnc21. The van der Waals surface area contributed by atoms with Crippen LogP contribution in [0.3, 0.4) is 0 Å². The van der Waals surface area contributed by atoms with E-state index in [1.54, 1.807) is 6.20 Å². The number of nitrogens with one attached hydrogen (secondary N) is 1. The standard InChI is InChI=1S/C18H22N2.C9H12N2.C9H9NO.C2H6/c1-13-8-10-15(11-9-13)14(2)20-17-7-3-5-16-6-4-12-19-18(16)17;10-8-5-1-3-7-4-2-6-11-9(7)8;11-8-5-1-3-7-4-2-6-10-9(7)8;1-2/h4,6,8-12,14,17,20H,3,5,7H2,1-2H3;2,4,6,8H,1,3,5,10H2;2,4,6H,1,3,5H2;1-2H3/t14-,17-;8-;;/m00../s1. The van der Waals surface area contributed by atoms with Gasteiger partial charge >= 0.3 is 0 Å². The molecule has 0 fully saturated rings. The number of aromatic nitrogens is 3. The van der Waals surface area contributed by atoms with E-state index < -0.39 is 0 Å². The third-order valence-corrected chi connectivity index (χ3v) is 8.47. The number of benzene rings is 1. The second-order valence-corrected chi connectivity index (χ2v) is 11.6. The number of pyridine rings is 3. The van der Waals surface area contributed by atoms with Crippen LogP contribution in [-0.4, -0.2) is 20.7 Å². The Bertz CT molecular complexity index is 1470. The van der Waals surface area contributed by atoms with Crippen LogP contribution in [0.5, 0.6) is 0 Å². The van der Waals surface area contributed by atoms with Gasteiger partial charge in [-0.2, -0.15) is 0 Å². The number of carbonyl (C=O) groups is 1. The van der Waals surface area contributed by atoms with Crippen molar-refractivity contribution in [1.82, 2.24) is 20.3 Å². The summed E-state index contributed by atoms with van der Waals surface area (Å²) in [5.74, 6) is 0.201. The van der Waals surface area contributed by atoms with Crippen molar-refractivity contribution < 1.29 is 4.79 Å². The highest BCUT2D eigenvalue weighted by Gasteiger charge is 2.23. The maximum atomic E-state index is 11.2. The largest absolute Gasteiger partial charge is 0.323 e. The van der Waals surface area contributed by atoms with E-state index in [0.29, 0.717) is 24.2 Å². The molecule has 3 aliphatic rings. The van der Waals surface area contributed by atoms with Crippen molar-refractivity contribution in [3.8, 4) is 0 Å². The summed E-state index contributed by atoms with van der Waals surface area (Å²) in [4.78, 5) is 24.1. The number of carbonyl (C=O) groups excluding carboxylic acids is 1. The van der Waals surface area contributed by atoms with Gasteiger partial charge in [0.25, 0.3) is 0 Å². The van der Waals surface area contributed by atoms with E-state index in [4.69, 9.17) is 5.73 Å². The number of hydrogen-bond acceptors (Lipinski definition) is 6. The van der Waals surface area contributed by atoms with Crippen molar-refractivity contribution in [3.63, 3.8) is 0 Å². The molecule has 1 aromatic carbocycles. The van der Waals surface area contributed by atoms with Gasteiger partial charge in [-0.25, -0.2) is 0 Å². The van der Waals surface area contributed by atoms with E-state index in [1.165, 1.54) is 53.6 Å². The molecule has 3 N–H and O–H groups in total. The molecule has 0 aliphatic heterocycles. The molecule has 232 valence electrons. The van der Waals surface area contributed by atoms with Gasteiger partial charge in [-0.1, -0.05) is 61.9 Å². The molecule has 0 bridgehead atoms. The highest BCUT2D eigenvalue weighted by atomic mass is 16.1. The molecule has 3 aliphatic carbocycles. The summed E-state index contributed by atoms with van der Waals surface area (Å²) in [5, 5.41) is 3.75. The normalized spacial score (nSPS) is 18.7. The van der Waals surface area contributed by atoms with Crippen molar-refractivity contribution in [2.75, 3.05) is 0 Å². The van der Waals surface area contributed by atoms with Crippen LogP contribution in [0.4, 0.5) is 0 Å². The van der Waals surface area contributed by atoms with Crippen molar-refractivity contribution in [2.45, 2.75) is 104 Å². The van der Waals surface area contributed by atoms with Gasteiger partial charge in [0.2, 0.25) is 0 Å². The molecule has 4 aromatic rings. The molecule has 0 radical (unpaired) electrons. The summed E-state index contributed by atoms with van der Waals surface area (Å²) in [6, 6.07) is 22.0. The highest BCUT2D eigenvalue weighted by molar-refractivity contribution is 5.96. The fraction of sp³-hybridized carbons (Fsp3) is 0.421. The van der Waals surface area contributed by atoms with E-state index in [1.807, 2.05) is 50.5 Å². The average Bonchev–Trinajstić information content (AvgIpc) is 3.07. The first-order chi connectivity index (χ1) is 21.5. The molecule has 3 heterocycles. The molecular formula is C38H49N5O. The van der Waals surface area contributed by atoms with Gasteiger partial charge < -0.3 is 11.1 Å². The second-order valence-electron chi connectivity index (χ2n) is 11.6. The summed E-state index contributed by atoms with van der Waals surface area (Å²) < 4.78 is 0. The molecule has 0 unspecified atom stereocenters. The lowest BCUT2D eigenvalue weighted by Crippen LogP contribution is -2.28. The topological polar surface area (TPSA) is 93.8 Å².